The maximum absolute atomic E-state index is 12.3. The van der Waals surface area contributed by atoms with Crippen LogP contribution in [0.2, 0.25) is 0 Å². The van der Waals surface area contributed by atoms with E-state index in [9.17, 15) is 4.79 Å². The molecule has 0 radical (unpaired) electrons. The summed E-state index contributed by atoms with van der Waals surface area (Å²) in [4.78, 5) is 12.3. The minimum Gasteiger partial charge on any atom is -0.497 e. The molecule has 0 aliphatic carbocycles. The summed E-state index contributed by atoms with van der Waals surface area (Å²) in [5.41, 5.74) is 4.35. The summed E-state index contributed by atoms with van der Waals surface area (Å²) in [6.07, 6.45) is 1.09. The van der Waals surface area contributed by atoms with Gasteiger partial charge in [-0.05, 0) is 55.3 Å². The van der Waals surface area contributed by atoms with Crippen LogP contribution in [0.5, 0.6) is 5.75 Å². The monoisotopic (exact) mass is 387 g/mol. The van der Waals surface area contributed by atoms with Gasteiger partial charge in [0.2, 0.25) is 5.91 Å². The number of anilines is 1. The van der Waals surface area contributed by atoms with Crippen LogP contribution >= 0.6 is 0 Å². The number of aryl methyl sites for hydroxylation is 2. The van der Waals surface area contributed by atoms with E-state index in [1.165, 1.54) is 0 Å². The summed E-state index contributed by atoms with van der Waals surface area (Å²) < 4.78 is 6.86. The van der Waals surface area contributed by atoms with Gasteiger partial charge in [0.25, 0.3) is 0 Å². The standard InChI is InChI=1S/C22H21N5O2/c1-15-24-25-21-13-12-20(26-27(15)21)17-6-8-18(9-7-17)23-22(28)14-5-16-3-10-19(29-2)11-4-16/h3-4,6-13H,5,14H2,1-2H3,(H,23,28). The molecule has 0 bridgehead atoms. The molecule has 0 saturated carbocycles. The van der Waals surface area contributed by atoms with Crippen molar-refractivity contribution in [3.8, 4) is 17.0 Å². The molecule has 0 aliphatic heterocycles. The minimum atomic E-state index is -0.0202. The molecule has 0 aliphatic rings. The Labute approximate surface area is 168 Å². The molecule has 0 spiro atoms. The number of rotatable bonds is 6. The lowest BCUT2D eigenvalue weighted by atomic mass is 10.1. The van der Waals surface area contributed by atoms with Crippen molar-refractivity contribution < 1.29 is 9.53 Å². The van der Waals surface area contributed by atoms with E-state index in [1.807, 2.05) is 67.6 Å². The van der Waals surface area contributed by atoms with Crippen molar-refractivity contribution in [2.45, 2.75) is 19.8 Å². The Bertz CT molecular complexity index is 1130. The highest BCUT2D eigenvalue weighted by molar-refractivity contribution is 5.91. The summed E-state index contributed by atoms with van der Waals surface area (Å²) in [6.45, 7) is 1.86. The molecule has 7 heteroatoms. The summed E-state index contributed by atoms with van der Waals surface area (Å²) in [5, 5.41) is 15.6. The molecule has 2 aromatic heterocycles. The molecule has 29 heavy (non-hydrogen) atoms. The first-order chi connectivity index (χ1) is 14.1. The van der Waals surface area contributed by atoms with Gasteiger partial charge in [0.05, 0.1) is 12.8 Å². The van der Waals surface area contributed by atoms with Crippen molar-refractivity contribution >= 4 is 17.2 Å². The second-order valence-electron chi connectivity index (χ2n) is 6.71. The van der Waals surface area contributed by atoms with Crippen LogP contribution in [0.3, 0.4) is 0 Å². The molecule has 7 nitrogen and oxygen atoms in total. The molecule has 1 amide bonds. The van der Waals surface area contributed by atoms with E-state index >= 15 is 0 Å². The number of aromatic nitrogens is 4. The van der Waals surface area contributed by atoms with Gasteiger partial charge < -0.3 is 10.1 Å². The van der Waals surface area contributed by atoms with Crippen LogP contribution in [0, 0.1) is 6.92 Å². The highest BCUT2D eigenvalue weighted by atomic mass is 16.5. The van der Waals surface area contributed by atoms with Crippen LogP contribution in [0.1, 0.15) is 17.8 Å². The maximum Gasteiger partial charge on any atom is 0.224 e. The first-order valence-electron chi connectivity index (χ1n) is 9.35. The Morgan fingerprint density at radius 1 is 1.00 bits per heavy atom. The van der Waals surface area contributed by atoms with Crippen molar-refractivity contribution in [2.24, 2.45) is 0 Å². The molecular weight excluding hydrogens is 366 g/mol. The van der Waals surface area contributed by atoms with E-state index in [0.717, 1.165) is 34.1 Å². The van der Waals surface area contributed by atoms with Gasteiger partial charge in [-0.25, -0.2) is 0 Å². The Morgan fingerprint density at radius 3 is 2.48 bits per heavy atom. The number of hydrogen-bond donors (Lipinski definition) is 1. The fourth-order valence-corrected chi connectivity index (χ4v) is 3.05. The van der Waals surface area contributed by atoms with E-state index in [-0.39, 0.29) is 5.91 Å². The smallest absolute Gasteiger partial charge is 0.224 e. The third kappa shape index (κ3) is 4.24. The number of hydrogen-bond acceptors (Lipinski definition) is 5. The summed E-state index contributed by atoms with van der Waals surface area (Å²) in [6, 6.07) is 19.2. The van der Waals surface area contributed by atoms with E-state index in [2.05, 4.69) is 20.6 Å². The average molecular weight is 387 g/mol. The van der Waals surface area contributed by atoms with Gasteiger partial charge in [-0.15, -0.1) is 10.2 Å². The third-order valence-electron chi connectivity index (χ3n) is 4.68. The van der Waals surface area contributed by atoms with Crippen LogP contribution in [0.25, 0.3) is 16.9 Å². The lowest BCUT2D eigenvalue weighted by Crippen LogP contribution is -2.12. The molecule has 4 rings (SSSR count). The summed E-state index contributed by atoms with van der Waals surface area (Å²) in [5.74, 6) is 1.53. The molecular formula is C22H21N5O2. The Balaban J connectivity index is 1.38. The first kappa shape index (κ1) is 18.6. The van der Waals surface area contributed by atoms with E-state index in [4.69, 9.17) is 4.74 Å². The molecule has 4 aromatic rings. The zero-order valence-electron chi connectivity index (χ0n) is 16.3. The number of nitrogens with one attached hydrogen (secondary N) is 1. The van der Waals surface area contributed by atoms with Crippen molar-refractivity contribution in [3.05, 3.63) is 72.1 Å². The number of methoxy groups -OCH3 is 1. The highest BCUT2D eigenvalue weighted by Gasteiger charge is 2.07. The molecule has 0 atom stereocenters. The molecule has 0 saturated heterocycles. The molecule has 2 aromatic carbocycles. The van der Waals surface area contributed by atoms with Gasteiger partial charge in [0.15, 0.2) is 11.5 Å². The van der Waals surface area contributed by atoms with Crippen LogP contribution < -0.4 is 10.1 Å². The van der Waals surface area contributed by atoms with Gasteiger partial charge in [-0.1, -0.05) is 24.3 Å². The van der Waals surface area contributed by atoms with Crippen LogP contribution in [0.15, 0.2) is 60.7 Å². The number of nitrogens with zero attached hydrogens (tertiary/aromatic N) is 4. The van der Waals surface area contributed by atoms with Crippen LogP contribution in [-0.2, 0) is 11.2 Å². The second kappa shape index (κ2) is 8.10. The van der Waals surface area contributed by atoms with Gasteiger partial charge in [0, 0.05) is 17.7 Å². The third-order valence-corrected chi connectivity index (χ3v) is 4.68. The number of carbonyl (C=O) groups is 1. The fourth-order valence-electron chi connectivity index (χ4n) is 3.05. The summed E-state index contributed by atoms with van der Waals surface area (Å²) in [7, 11) is 1.64. The Hall–Kier alpha value is -3.74. The molecule has 1 N–H and O–H groups in total. The zero-order chi connectivity index (χ0) is 20.2. The van der Waals surface area contributed by atoms with Crippen molar-refractivity contribution in [2.75, 3.05) is 12.4 Å². The molecule has 0 fully saturated rings. The van der Waals surface area contributed by atoms with E-state index < -0.39 is 0 Å². The SMILES string of the molecule is COc1ccc(CCC(=O)Nc2ccc(-c3ccc4nnc(C)n4n3)cc2)cc1. The Morgan fingerprint density at radius 2 is 1.76 bits per heavy atom. The maximum atomic E-state index is 12.3. The predicted octanol–water partition coefficient (Wildman–Crippen LogP) is 3.68. The van der Waals surface area contributed by atoms with Gasteiger partial charge in [-0.3, -0.25) is 4.79 Å². The zero-order valence-corrected chi connectivity index (χ0v) is 16.3. The van der Waals surface area contributed by atoms with E-state index in [0.29, 0.717) is 18.5 Å². The number of benzene rings is 2. The highest BCUT2D eigenvalue weighted by Crippen LogP contribution is 2.20. The molecule has 2 heterocycles. The average Bonchev–Trinajstić information content (AvgIpc) is 3.13. The van der Waals surface area contributed by atoms with E-state index in [1.54, 1.807) is 11.6 Å². The lowest BCUT2D eigenvalue weighted by Gasteiger charge is -2.07. The second-order valence-corrected chi connectivity index (χ2v) is 6.71. The van der Waals surface area contributed by atoms with Gasteiger partial charge in [-0.2, -0.15) is 9.61 Å². The Kier molecular flexibility index (Phi) is 5.20. The van der Waals surface area contributed by atoms with Crippen LogP contribution in [-0.4, -0.2) is 32.8 Å². The summed E-state index contributed by atoms with van der Waals surface area (Å²) >= 11 is 0. The van der Waals surface area contributed by atoms with Crippen molar-refractivity contribution in [3.63, 3.8) is 0 Å². The van der Waals surface area contributed by atoms with Crippen LogP contribution in [0.4, 0.5) is 5.69 Å². The quantitative estimate of drug-likeness (QED) is 0.546. The molecule has 0 unspecified atom stereocenters. The predicted molar refractivity (Wildman–Crippen MR) is 111 cm³/mol. The van der Waals surface area contributed by atoms with Gasteiger partial charge >= 0.3 is 0 Å². The van der Waals surface area contributed by atoms with Gasteiger partial charge in [0.1, 0.15) is 5.75 Å². The minimum absolute atomic E-state index is 0.0202. The number of ether oxygens (including phenoxy) is 1. The number of amides is 1. The fraction of sp³-hybridized carbons (Fsp3) is 0.182. The van der Waals surface area contributed by atoms with Crippen molar-refractivity contribution in [1.29, 1.82) is 0 Å². The largest absolute Gasteiger partial charge is 0.497 e. The number of carbonyl (C=O) groups excluding carboxylic acids is 1. The molecule has 146 valence electrons. The topological polar surface area (TPSA) is 81.4 Å². The normalized spacial score (nSPS) is 10.8. The number of fused-ring (bicyclic) bond motifs is 1. The lowest BCUT2D eigenvalue weighted by molar-refractivity contribution is -0.116. The van der Waals surface area contributed by atoms with Crippen molar-refractivity contribution in [1.82, 2.24) is 19.8 Å². The first-order valence-corrected chi connectivity index (χ1v) is 9.35.